The van der Waals surface area contributed by atoms with Crippen LogP contribution in [0.3, 0.4) is 0 Å². The lowest BCUT2D eigenvalue weighted by atomic mass is 10.2. The minimum absolute atomic E-state index is 0.0491. The molecule has 0 N–H and O–H groups in total. The number of thiophene rings is 1. The zero-order valence-electron chi connectivity index (χ0n) is 22.2. The quantitative estimate of drug-likeness (QED) is 0.164. The Hall–Kier alpha value is -1.08. The second-order valence-corrected chi connectivity index (χ2v) is 10.2. The Morgan fingerprint density at radius 3 is 1.59 bits per heavy atom. The Kier molecular flexibility index (Phi) is 18.1. The average Bonchev–Trinajstić information content (AvgIpc) is 3.23. The number of hydrogen-bond acceptors (Lipinski definition) is 9. The summed E-state index contributed by atoms with van der Waals surface area (Å²) in [5, 5.41) is 0. The molecule has 0 saturated carbocycles. The van der Waals surface area contributed by atoms with Gasteiger partial charge in [0, 0.05) is 21.3 Å². The van der Waals surface area contributed by atoms with Crippen molar-refractivity contribution in [3.05, 3.63) is 39.7 Å². The first kappa shape index (κ1) is 32.1. The molecule has 0 saturated heterocycles. The van der Waals surface area contributed by atoms with Crippen molar-refractivity contribution in [2.75, 3.05) is 93.0 Å². The highest BCUT2D eigenvalue weighted by Crippen LogP contribution is 2.34. The maximum atomic E-state index is 5.95. The van der Waals surface area contributed by atoms with Crippen LogP contribution in [0.15, 0.2) is 34.8 Å². The third-order valence-electron chi connectivity index (χ3n) is 4.98. The summed E-state index contributed by atoms with van der Waals surface area (Å²) in [5.74, 6) is 0.834. The fourth-order valence-corrected chi connectivity index (χ4v) is 4.60. The molecule has 2 rings (SSSR count). The molecular formula is C27H41BrO8S. The zero-order chi connectivity index (χ0) is 26.6. The lowest BCUT2D eigenvalue weighted by Gasteiger charge is -2.15. The molecule has 0 unspecified atom stereocenters. The van der Waals surface area contributed by atoms with Gasteiger partial charge in [-0.25, -0.2) is 0 Å². The number of ether oxygens (including phenoxy) is 8. The number of hydrogen-bond donors (Lipinski definition) is 0. The van der Waals surface area contributed by atoms with Gasteiger partial charge in [-0.15, -0.1) is 11.3 Å². The van der Waals surface area contributed by atoms with Gasteiger partial charge in [0.25, 0.3) is 0 Å². The molecule has 0 bridgehead atoms. The Labute approximate surface area is 233 Å². The second-order valence-electron chi connectivity index (χ2n) is 8.10. The molecule has 8 nitrogen and oxygen atoms in total. The van der Waals surface area contributed by atoms with Crippen molar-refractivity contribution < 1.29 is 37.9 Å². The second kappa shape index (κ2) is 20.8. The van der Waals surface area contributed by atoms with Gasteiger partial charge in [0.2, 0.25) is 0 Å². The fraction of sp³-hybridized carbons (Fsp3) is 0.630. The van der Waals surface area contributed by atoms with Crippen LogP contribution in [0.4, 0.5) is 0 Å². The molecule has 1 atom stereocenters. The first-order valence-corrected chi connectivity index (χ1v) is 14.2. The Morgan fingerprint density at radius 2 is 1.16 bits per heavy atom. The number of halogens is 1. The summed E-state index contributed by atoms with van der Waals surface area (Å²) in [7, 11) is 1.65. The Bertz CT molecular complexity index is 798. The molecule has 0 aliphatic rings. The largest absolute Gasteiger partial charge is 0.488 e. The van der Waals surface area contributed by atoms with E-state index in [1.165, 1.54) is 15.3 Å². The Morgan fingerprint density at radius 1 is 0.703 bits per heavy atom. The van der Waals surface area contributed by atoms with Crippen molar-refractivity contribution in [2.24, 2.45) is 0 Å². The Balaban J connectivity index is 1.35. The molecule has 0 radical (unpaired) electrons. The summed E-state index contributed by atoms with van der Waals surface area (Å²) in [6.07, 6.45) is -0.0491. The third-order valence-corrected chi connectivity index (χ3v) is 7.16. The van der Waals surface area contributed by atoms with E-state index >= 15 is 0 Å². The minimum atomic E-state index is -0.0491. The molecule has 0 fully saturated rings. The molecule has 10 heteroatoms. The maximum Gasteiger partial charge on any atom is 0.119 e. The van der Waals surface area contributed by atoms with Crippen molar-refractivity contribution in [2.45, 2.75) is 20.0 Å². The van der Waals surface area contributed by atoms with Gasteiger partial charge in [-0.1, -0.05) is 0 Å². The average molecular weight is 606 g/mol. The van der Waals surface area contributed by atoms with E-state index in [0.29, 0.717) is 85.9 Å². The smallest absolute Gasteiger partial charge is 0.119 e. The molecule has 0 amide bonds. The van der Waals surface area contributed by atoms with Crippen molar-refractivity contribution >= 4 is 27.3 Å². The summed E-state index contributed by atoms with van der Waals surface area (Å²) < 4.78 is 44.8. The fourth-order valence-electron chi connectivity index (χ4n) is 3.06. The summed E-state index contributed by atoms with van der Waals surface area (Å²) in [6, 6.07) is 10.3. The first-order chi connectivity index (χ1) is 18.1. The molecule has 0 spiro atoms. The number of aryl methyl sites for hydroxylation is 1. The topological polar surface area (TPSA) is 73.8 Å². The normalized spacial score (nSPS) is 12.2. The molecule has 1 heterocycles. The molecular weight excluding hydrogens is 564 g/mol. The van der Waals surface area contributed by atoms with Crippen LogP contribution in [0.1, 0.15) is 11.8 Å². The van der Waals surface area contributed by atoms with E-state index in [2.05, 4.69) is 41.1 Å². The molecule has 1 aromatic heterocycles. The van der Waals surface area contributed by atoms with Crippen LogP contribution in [-0.4, -0.2) is 99.1 Å². The van der Waals surface area contributed by atoms with Gasteiger partial charge in [-0.05, 0) is 65.7 Å². The van der Waals surface area contributed by atoms with E-state index in [-0.39, 0.29) is 6.10 Å². The maximum absolute atomic E-state index is 5.95. The minimum Gasteiger partial charge on any atom is -0.488 e. The highest BCUT2D eigenvalue weighted by atomic mass is 79.9. The van der Waals surface area contributed by atoms with E-state index in [9.17, 15) is 0 Å². The number of methoxy groups -OCH3 is 1. The summed E-state index contributed by atoms with van der Waals surface area (Å²) >= 11 is 5.35. The highest BCUT2D eigenvalue weighted by molar-refractivity contribution is 9.10. The van der Waals surface area contributed by atoms with Crippen LogP contribution in [-0.2, 0) is 33.2 Å². The SMILES string of the molecule is COCCOCCOCCOCCOCCOCCOC[C@H](C)Oc1ccc(-c2cc(Br)c(C)s2)cc1. The lowest BCUT2D eigenvalue weighted by molar-refractivity contribution is -0.0223. The number of rotatable bonds is 23. The standard InChI is InChI=1S/C27H41BrO8S/c1-22(36-25-6-4-24(5-7-25)27-20-26(28)23(2)37-27)21-35-19-18-34-17-16-33-15-14-32-13-12-31-11-10-30-9-8-29-3/h4-7,20,22H,8-19,21H2,1-3H3/t22-/m0/s1. The van der Waals surface area contributed by atoms with Crippen LogP contribution >= 0.6 is 27.3 Å². The van der Waals surface area contributed by atoms with Crippen LogP contribution in [0.5, 0.6) is 5.75 Å². The lowest BCUT2D eigenvalue weighted by Crippen LogP contribution is -2.21. The van der Waals surface area contributed by atoms with Crippen molar-refractivity contribution in [3.63, 3.8) is 0 Å². The predicted molar refractivity (Wildman–Crippen MR) is 149 cm³/mol. The van der Waals surface area contributed by atoms with Gasteiger partial charge >= 0.3 is 0 Å². The molecule has 0 aliphatic heterocycles. The van der Waals surface area contributed by atoms with E-state index in [4.69, 9.17) is 37.9 Å². The zero-order valence-corrected chi connectivity index (χ0v) is 24.6. The third kappa shape index (κ3) is 15.2. The van der Waals surface area contributed by atoms with Crippen molar-refractivity contribution in [1.82, 2.24) is 0 Å². The van der Waals surface area contributed by atoms with Gasteiger partial charge < -0.3 is 37.9 Å². The van der Waals surface area contributed by atoms with Crippen molar-refractivity contribution in [1.29, 1.82) is 0 Å². The van der Waals surface area contributed by atoms with Gasteiger partial charge in [-0.3, -0.25) is 0 Å². The molecule has 37 heavy (non-hydrogen) atoms. The number of benzene rings is 1. The molecule has 1 aromatic carbocycles. The summed E-state index contributed by atoms with van der Waals surface area (Å²) in [6.45, 7) is 11.1. The van der Waals surface area contributed by atoms with Crippen LogP contribution in [0.25, 0.3) is 10.4 Å². The van der Waals surface area contributed by atoms with Crippen molar-refractivity contribution in [3.8, 4) is 16.2 Å². The molecule has 2 aromatic rings. The van der Waals surface area contributed by atoms with Gasteiger partial charge in [0.15, 0.2) is 0 Å². The van der Waals surface area contributed by atoms with Crippen LogP contribution in [0.2, 0.25) is 0 Å². The summed E-state index contributed by atoms with van der Waals surface area (Å²) in [4.78, 5) is 2.51. The van der Waals surface area contributed by atoms with Gasteiger partial charge in [-0.2, -0.15) is 0 Å². The highest BCUT2D eigenvalue weighted by Gasteiger charge is 2.08. The predicted octanol–water partition coefficient (Wildman–Crippen LogP) is 5.00. The first-order valence-electron chi connectivity index (χ1n) is 12.6. The van der Waals surface area contributed by atoms with E-state index in [0.717, 1.165) is 10.2 Å². The van der Waals surface area contributed by atoms with Gasteiger partial charge in [0.05, 0.1) is 85.9 Å². The summed E-state index contributed by atoms with van der Waals surface area (Å²) in [5.41, 5.74) is 1.19. The molecule has 210 valence electrons. The van der Waals surface area contributed by atoms with E-state index in [1.54, 1.807) is 18.4 Å². The monoisotopic (exact) mass is 604 g/mol. The van der Waals surface area contributed by atoms with E-state index < -0.39 is 0 Å². The van der Waals surface area contributed by atoms with Gasteiger partial charge in [0.1, 0.15) is 11.9 Å². The van der Waals surface area contributed by atoms with E-state index in [1.807, 2.05) is 19.1 Å². The van der Waals surface area contributed by atoms with Crippen LogP contribution in [0, 0.1) is 6.92 Å². The van der Waals surface area contributed by atoms with Crippen LogP contribution < -0.4 is 4.74 Å². The molecule has 0 aliphatic carbocycles.